The fourth-order valence-electron chi connectivity index (χ4n) is 3.32. The summed E-state index contributed by atoms with van der Waals surface area (Å²) in [5.41, 5.74) is 0.726. The van der Waals surface area contributed by atoms with Gasteiger partial charge in [0.2, 0.25) is 5.91 Å². The van der Waals surface area contributed by atoms with Crippen molar-refractivity contribution in [3.63, 3.8) is 0 Å². The molecule has 5 nitrogen and oxygen atoms in total. The Kier molecular flexibility index (Phi) is 7.23. The van der Waals surface area contributed by atoms with Crippen molar-refractivity contribution < 1.29 is 18.7 Å². The maximum absolute atomic E-state index is 13.3. The Morgan fingerprint density at radius 2 is 1.65 bits per heavy atom. The number of rotatable bonds is 8. The molecule has 0 aliphatic carbocycles. The van der Waals surface area contributed by atoms with E-state index in [1.807, 2.05) is 56.3 Å². The van der Waals surface area contributed by atoms with E-state index < -0.39 is 6.04 Å². The predicted molar refractivity (Wildman–Crippen MR) is 119 cm³/mol. The maximum Gasteiger partial charge on any atom is 0.261 e. The van der Waals surface area contributed by atoms with Gasteiger partial charge in [0, 0.05) is 18.0 Å². The van der Waals surface area contributed by atoms with Crippen LogP contribution in [0.4, 0.5) is 4.39 Å². The molecule has 162 valence electrons. The highest BCUT2D eigenvalue weighted by Crippen LogP contribution is 2.25. The molecule has 1 N–H and O–H groups in total. The monoisotopic (exact) mass is 422 g/mol. The molecule has 3 aromatic rings. The first-order valence-electron chi connectivity index (χ1n) is 10.3. The normalized spacial score (nSPS) is 11.9. The summed E-state index contributed by atoms with van der Waals surface area (Å²) in [6.45, 7) is 5.36. The lowest BCUT2D eigenvalue weighted by molar-refractivity contribution is -0.142. The Bertz CT molecular complexity index is 1040. The molecule has 3 rings (SSSR count). The Morgan fingerprint density at radius 3 is 2.35 bits per heavy atom. The van der Waals surface area contributed by atoms with Crippen LogP contribution in [0.2, 0.25) is 0 Å². The van der Waals surface area contributed by atoms with Crippen LogP contribution >= 0.6 is 0 Å². The fraction of sp³-hybridized carbons (Fsp3) is 0.280. The van der Waals surface area contributed by atoms with Gasteiger partial charge in [0.05, 0.1) is 0 Å². The van der Waals surface area contributed by atoms with E-state index in [-0.39, 0.29) is 36.8 Å². The van der Waals surface area contributed by atoms with Gasteiger partial charge in [-0.1, -0.05) is 48.5 Å². The summed E-state index contributed by atoms with van der Waals surface area (Å²) in [6.07, 6.45) is 0. The molecular formula is C25H27FN2O3. The number of fused-ring (bicyclic) bond motifs is 1. The van der Waals surface area contributed by atoms with Crippen LogP contribution in [0.3, 0.4) is 0 Å². The molecule has 0 saturated carbocycles. The van der Waals surface area contributed by atoms with E-state index in [0.717, 1.165) is 16.3 Å². The van der Waals surface area contributed by atoms with Crippen LogP contribution < -0.4 is 10.1 Å². The zero-order valence-electron chi connectivity index (χ0n) is 18.0. The largest absolute Gasteiger partial charge is 0.483 e. The van der Waals surface area contributed by atoms with Crippen molar-refractivity contribution >= 4 is 22.6 Å². The quantitative estimate of drug-likeness (QED) is 0.589. The van der Waals surface area contributed by atoms with Gasteiger partial charge in [-0.15, -0.1) is 0 Å². The maximum atomic E-state index is 13.3. The molecule has 0 aliphatic heterocycles. The first-order chi connectivity index (χ1) is 14.8. The van der Waals surface area contributed by atoms with E-state index in [1.54, 1.807) is 19.1 Å². The van der Waals surface area contributed by atoms with Crippen LogP contribution in [0, 0.1) is 5.82 Å². The van der Waals surface area contributed by atoms with E-state index in [2.05, 4.69) is 5.32 Å². The number of nitrogens with zero attached hydrogens (tertiary/aromatic N) is 1. The number of benzene rings is 3. The second kappa shape index (κ2) is 10.1. The number of nitrogens with one attached hydrogen (secondary N) is 1. The molecule has 0 heterocycles. The van der Waals surface area contributed by atoms with Crippen molar-refractivity contribution in [1.82, 2.24) is 10.2 Å². The van der Waals surface area contributed by atoms with Crippen molar-refractivity contribution in [2.75, 3.05) is 6.61 Å². The lowest BCUT2D eigenvalue weighted by atomic mass is 10.1. The molecule has 0 saturated heterocycles. The number of amides is 2. The number of carbonyl (C=O) groups is 2. The minimum Gasteiger partial charge on any atom is -0.483 e. The van der Waals surface area contributed by atoms with Crippen molar-refractivity contribution in [3.05, 3.63) is 78.1 Å². The van der Waals surface area contributed by atoms with Crippen LogP contribution in [0.1, 0.15) is 26.3 Å². The summed E-state index contributed by atoms with van der Waals surface area (Å²) < 4.78 is 19.1. The van der Waals surface area contributed by atoms with Gasteiger partial charge in [0.15, 0.2) is 6.61 Å². The standard InChI is InChI=1S/C25H27FN2O3/c1-17(2)27-25(30)18(3)28(15-19-11-13-21(26)14-12-19)24(29)16-31-23-10-6-8-20-7-4-5-9-22(20)23/h4-14,17-18H,15-16H2,1-3H3,(H,27,30)/t18-/m1/s1. The van der Waals surface area contributed by atoms with Gasteiger partial charge in [-0.25, -0.2) is 4.39 Å². The molecule has 6 heteroatoms. The zero-order chi connectivity index (χ0) is 22.4. The smallest absolute Gasteiger partial charge is 0.261 e. The number of hydrogen-bond donors (Lipinski definition) is 1. The molecule has 1 atom stereocenters. The van der Waals surface area contributed by atoms with Gasteiger partial charge in [-0.3, -0.25) is 9.59 Å². The molecule has 2 amide bonds. The molecule has 0 aliphatic rings. The topological polar surface area (TPSA) is 58.6 Å². The molecule has 31 heavy (non-hydrogen) atoms. The van der Waals surface area contributed by atoms with E-state index in [9.17, 15) is 14.0 Å². The number of ether oxygens (including phenoxy) is 1. The van der Waals surface area contributed by atoms with E-state index in [4.69, 9.17) is 4.74 Å². The lowest BCUT2D eigenvalue weighted by Crippen LogP contribution is -2.50. The molecule has 0 aromatic heterocycles. The van der Waals surface area contributed by atoms with Gasteiger partial charge in [0.25, 0.3) is 5.91 Å². The van der Waals surface area contributed by atoms with E-state index in [0.29, 0.717) is 5.75 Å². The number of carbonyl (C=O) groups excluding carboxylic acids is 2. The Labute approximate surface area is 181 Å². The summed E-state index contributed by atoms with van der Waals surface area (Å²) in [4.78, 5) is 27.1. The molecule has 0 unspecified atom stereocenters. The second-order valence-corrected chi connectivity index (χ2v) is 7.75. The fourth-order valence-corrected chi connectivity index (χ4v) is 3.32. The van der Waals surface area contributed by atoms with E-state index >= 15 is 0 Å². The SMILES string of the molecule is CC(C)NC(=O)[C@@H](C)N(Cc1ccc(F)cc1)C(=O)COc1cccc2ccccc12. The first-order valence-corrected chi connectivity index (χ1v) is 10.3. The molecule has 3 aromatic carbocycles. The minimum atomic E-state index is -0.712. The third kappa shape index (κ3) is 5.81. The van der Waals surface area contributed by atoms with Crippen LogP contribution in [0.15, 0.2) is 66.7 Å². The van der Waals surface area contributed by atoms with Gasteiger partial charge < -0.3 is 15.0 Å². The number of hydrogen-bond acceptors (Lipinski definition) is 3. The highest BCUT2D eigenvalue weighted by atomic mass is 19.1. The zero-order valence-corrected chi connectivity index (χ0v) is 18.0. The van der Waals surface area contributed by atoms with Crippen molar-refractivity contribution in [2.45, 2.75) is 39.4 Å². The summed E-state index contributed by atoms with van der Waals surface area (Å²) in [5.74, 6) is -0.335. The molecular weight excluding hydrogens is 395 g/mol. The summed E-state index contributed by atoms with van der Waals surface area (Å²) in [6, 6.07) is 18.5. The van der Waals surface area contributed by atoms with Gasteiger partial charge in [0.1, 0.15) is 17.6 Å². The summed E-state index contributed by atoms with van der Waals surface area (Å²) in [5, 5.41) is 4.76. The van der Waals surface area contributed by atoms with Crippen molar-refractivity contribution in [3.8, 4) is 5.75 Å². The van der Waals surface area contributed by atoms with Crippen LogP contribution in [-0.4, -0.2) is 35.4 Å². The summed E-state index contributed by atoms with van der Waals surface area (Å²) >= 11 is 0. The van der Waals surface area contributed by atoms with E-state index in [1.165, 1.54) is 17.0 Å². The van der Waals surface area contributed by atoms with Crippen LogP contribution in [-0.2, 0) is 16.1 Å². The Hall–Kier alpha value is -3.41. The average molecular weight is 423 g/mol. The average Bonchev–Trinajstić information content (AvgIpc) is 2.76. The van der Waals surface area contributed by atoms with Gasteiger partial charge in [-0.05, 0) is 49.9 Å². The lowest BCUT2D eigenvalue weighted by Gasteiger charge is -2.29. The molecule has 0 fully saturated rings. The third-order valence-electron chi connectivity index (χ3n) is 4.97. The minimum absolute atomic E-state index is 0.0512. The highest BCUT2D eigenvalue weighted by molar-refractivity contribution is 5.90. The van der Waals surface area contributed by atoms with Crippen molar-refractivity contribution in [1.29, 1.82) is 0 Å². The third-order valence-corrected chi connectivity index (χ3v) is 4.97. The molecule has 0 bridgehead atoms. The Morgan fingerprint density at radius 1 is 0.968 bits per heavy atom. The Balaban J connectivity index is 1.78. The first kappa shape index (κ1) is 22.3. The molecule has 0 radical (unpaired) electrons. The van der Waals surface area contributed by atoms with Crippen LogP contribution in [0.25, 0.3) is 10.8 Å². The van der Waals surface area contributed by atoms with Crippen molar-refractivity contribution in [2.24, 2.45) is 0 Å². The second-order valence-electron chi connectivity index (χ2n) is 7.75. The highest BCUT2D eigenvalue weighted by Gasteiger charge is 2.27. The van der Waals surface area contributed by atoms with Crippen LogP contribution in [0.5, 0.6) is 5.75 Å². The number of halogens is 1. The van der Waals surface area contributed by atoms with Gasteiger partial charge in [-0.2, -0.15) is 0 Å². The molecule has 0 spiro atoms. The van der Waals surface area contributed by atoms with Gasteiger partial charge >= 0.3 is 0 Å². The summed E-state index contributed by atoms with van der Waals surface area (Å²) in [7, 11) is 0. The predicted octanol–water partition coefficient (Wildman–Crippen LogP) is 4.30.